The van der Waals surface area contributed by atoms with E-state index in [1.165, 1.54) is 0 Å². The summed E-state index contributed by atoms with van der Waals surface area (Å²) >= 11 is 0. The van der Waals surface area contributed by atoms with Crippen LogP contribution in [0.15, 0.2) is 71.5 Å². The van der Waals surface area contributed by atoms with Crippen molar-refractivity contribution in [3.05, 3.63) is 105 Å². The van der Waals surface area contributed by atoms with Crippen molar-refractivity contribution in [2.45, 2.75) is 32.1 Å². The fourth-order valence-corrected chi connectivity index (χ4v) is 5.03. The zero-order chi connectivity index (χ0) is 25.0. The van der Waals surface area contributed by atoms with Crippen LogP contribution in [0.1, 0.15) is 46.0 Å². The van der Waals surface area contributed by atoms with Gasteiger partial charge in [0.05, 0.1) is 29.0 Å². The van der Waals surface area contributed by atoms with Crippen molar-refractivity contribution in [2.75, 3.05) is 0 Å². The van der Waals surface area contributed by atoms with Gasteiger partial charge in [-0.05, 0) is 36.3 Å². The van der Waals surface area contributed by atoms with Crippen molar-refractivity contribution in [2.24, 2.45) is 0 Å². The molecule has 4 heterocycles. The summed E-state index contributed by atoms with van der Waals surface area (Å²) in [5.74, 6) is -0.834. The molecule has 0 saturated heterocycles. The van der Waals surface area contributed by atoms with E-state index in [9.17, 15) is 19.5 Å². The maximum absolute atomic E-state index is 13.3. The molecule has 0 unspecified atom stereocenters. The van der Waals surface area contributed by atoms with Gasteiger partial charge in [-0.1, -0.05) is 55.5 Å². The number of fused-ring (bicyclic) bond motifs is 5. The first-order chi connectivity index (χ1) is 17.4. The monoisotopic (exact) mass is 478 g/mol. The summed E-state index contributed by atoms with van der Waals surface area (Å²) in [6, 6.07) is 18.4. The Hall–Kier alpha value is -4.36. The van der Waals surface area contributed by atoms with E-state index in [0.717, 1.165) is 16.5 Å². The van der Waals surface area contributed by atoms with Gasteiger partial charge in [-0.15, -0.1) is 0 Å². The predicted molar refractivity (Wildman–Crippen MR) is 134 cm³/mol. The predicted octanol–water partition coefficient (Wildman–Crippen LogP) is 3.98. The van der Waals surface area contributed by atoms with Crippen LogP contribution < -0.4 is 5.56 Å². The highest BCUT2D eigenvalue weighted by Crippen LogP contribution is 2.39. The highest BCUT2D eigenvalue weighted by atomic mass is 16.6. The molecule has 0 radical (unpaired) electrons. The van der Waals surface area contributed by atoms with Crippen molar-refractivity contribution < 1.29 is 19.4 Å². The van der Waals surface area contributed by atoms with Crippen LogP contribution in [0, 0.1) is 0 Å². The lowest BCUT2D eigenvalue weighted by Crippen LogP contribution is -2.44. The Morgan fingerprint density at radius 3 is 2.72 bits per heavy atom. The van der Waals surface area contributed by atoms with E-state index in [-0.39, 0.29) is 24.4 Å². The Morgan fingerprint density at radius 1 is 1.14 bits per heavy atom. The SMILES string of the molecule is CC[C@@]1(O)C(=O)OCc2c1cc1n(c2=O)Cc2cc3c(/C=C/C(=O)c4ccccc4)cccc3nc2-1. The number of pyridine rings is 2. The molecule has 7 nitrogen and oxygen atoms in total. The molecule has 2 aliphatic rings. The van der Waals surface area contributed by atoms with Gasteiger partial charge in [0.2, 0.25) is 0 Å². The zero-order valence-corrected chi connectivity index (χ0v) is 19.5. The van der Waals surface area contributed by atoms with Crippen LogP contribution in [0.2, 0.25) is 0 Å². The first-order valence-corrected chi connectivity index (χ1v) is 11.8. The van der Waals surface area contributed by atoms with E-state index in [0.29, 0.717) is 40.1 Å². The largest absolute Gasteiger partial charge is 0.458 e. The minimum Gasteiger partial charge on any atom is -0.458 e. The van der Waals surface area contributed by atoms with Gasteiger partial charge in [0.25, 0.3) is 5.56 Å². The molecule has 2 aromatic carbocycles. The zero-order valence-electron chi connectivity index (χ0n) is 19.5. The summed E-state index contributed by atoms with van der Waals surface area (Å²) < 4.78 is 6.74. The molecule has 0 spiro atoms. The fraction of sp³-hybridized carbons (Fsp3) is 0.172. The topological polar surface area (TPSA) is 98.5 Å². The lowest BCUT2D eigenvalue weighted by molar-refractivity contribution is -0.172. The summed E-state index contributed by atoms with van der Waals surface area (Å²) in [6.07, 6.45) is 3.42. The highest BCUT2D eigenvalue weighted by molar-refractivity contribution is 6.07. The average Bonchev–Trinajstić information content (AvgIpc) is 3.27. The lowest BCUT2D eigenvalue weighted by Gasteiger charge is -2.31. The van der Waals surface area contributed by atoms with Crippen molar-refractivity contribution in [1.29, 1.82) is 0 Å². The molecule has 1 N–H and O–H groups in total. The standard InChI is InChI=1S/C29H22N2O5/c1-2-29(35)22-14-24-26-19(15-31(24)27(33)21(22)16-36-28(29)34)13-20-17(9-6-10-23(20)30-26)11-12-25(32)18-7-4-3-5-8-18/h3-14,35H,2,15-16H2,1H3/b12-11+/t29-/m0/s1. The molecule has 0 bridgehead atoms. The van der Waals surface area contributed by atoms with E-state index in [1.54, 1.807) is 41.8 Å². The number of rotatable bonds is 4. The molecule has 4 aromatic rings. The number of aromatic nitrogens is 2. The number of hydrogen-bond donors (Lipinski definition) is 1. The minimum atomic E-state index is -1.86. The van der Waals surface area contributed by atoms with Crippen molar-refractivity contribution >= 4 is 28.7 Å². The number of hydrogen-bond acceptors (Lipinski definition) is 6. The number of carbonyl (C=O) groups excluding carboxylic acids is 2. The van der Waals surface area contributed by atoms with Gasteiger partial charge >= 0.3 is 5.97 Å². The van der Waals surface area contributed by atoms with Crippen molar-refractivity contribution in [1.82, 2.24) is 9.55 Å². The number of nitrogens with zero attached hydrogens (tertiary/aromatic N) is 2. The Bertz CT molecular complexity index is 1670. The number of cyclic esters (lactones) is 1. The van der Waals surface area contributed by atoms with Gasteiger partial charge in [-0.3, -0.25) is 9.59 Å². The second-order valence-electron chi connectivity index (χ2n) is 9.08. The number of esters is 1. The number of ether oxygens (including phenoxy) is 1. The van der Waals surface area contributed by atoms with E-state index in [2.05, 4.69) is 0 Å². The number of allylic oxidation sites excluding steroid dienone is 1. The Balaban J connectivity index is 1.45. The summed E-state index contributed by atoms with van der Waals surface area (Å²) in [7, 11) is 0. The molecule has 0 saturated carbocycles. The molecular weight excluding hydrogens is 456 g/mol. The van der Waals surface area contributed by atoms with E-state index < -0.39 is 11.6 Å². The molecule has 6 rings (SSSR count). The smallest absolute Gasteiger partial charge is 0.343 e. The Kier molecular flexibility index (Phi) is 4.98. The van der Waals surface area contributed by atoms with Gasteiger partial charge in [0, 0.05) is 22.1 Å². The molecule has 0 amide bonds. The normalized spacial score (nSPS) is 18.1. The number of benzene rings is 2. The van der Waals surface area contributed by atoms with Crippen molar-refractivity contribution in [3.63, 3.8) is 0 Å². The molecule has 36 heavy (non-hydrogen) atoms. The number of carbonyl (C=O) groups is 2. The van der Waals surface area contributed by atoms with Crippen LogP contribution in [-0.4, -0.2) is 26.4 Å². The van der Waals surface area contributed by atoms with E-state index in [1.807, 2.05) is 42.5 Å². The lowest BCUT2D eigenvalue weighted by atomic mass is 9.86. The molecule has 2 aliphatic heterocycles. The maximum Gasteiger partial charge on any atom is 0.343 e. The Morgan fingerprint density at radius 2 is 1.94 bits per heavy atom. The first-order valence-electron chi connectivity index (χ1n) is 11.8. The third kappa shape index (κ3) is 3.24. The molecule has 2 aromatic heterocycles. The summed E-state index contributed by atoms with van der Waals surface area (Å²) in [5, 5.41) is 11.9. The van der Waals surface area contributed by atoms with Crippen molar-refractivity contribution in [3.8, 4) is 11.4 Å². The van der Waals surface area contributed by atoms with Gasteiger partial charge in [-0.25, -0.2) is 9.78 Å². The van der Waals surface area contributed by atoms with Crippen LogP contribution in [-0.2, 0) is 28.3 Å². The molecule has 1 atom stereocenters. The van der Waals surface area contributed by atoms with E-state index >= 15 is 0 Å². The third-order valence-electron chi connectivity index (χ3n) is 7.06. The molecular formula is C29H22N2O5. The van der Waals surface area contributed by atoms with Gasteiger partial charge in [-0.2, -0.15) is 0 Å². The van der Waals surface area contributed by atoms with Gasteiger partial charge < -0.3 is 14.4 Å². The second-order valence-corrected chi connectivity index (χ2v) is 9.08. The molecule has 178 valence electrons. The van der Waals surface area contributed by atoms with E-state index in [4.69, 9.17) is 9.72 Å². The second kappa shape index (κ2) is 8.10. The Labute approximate surface area is 206 Å². The van der Waals surface area contributed by atoms with Crippen LogP contribution in [0.25, 0.3) is 28.4 Å². The third-order valence-corrected chi connectivity index (χ3v) is 7.06. The van der Waals surface area contributed by atoms with Crippen LogP contribution in [0.3, 0.4) is 0 Å². The molecule has 0 aliphatic carbocycles. The molecule has 0 fully saturated rings. The summed E-state index contributed by atoms with van der Waals surface area (Å²) in [5.41, 5.74) is 2.67. The number of aliphatic hydroxyl groups is 1. The molecule has 7 heteroatoms. The minimum absolute atomic E-state index is 0.0913. The van der Waals surface area contributed by atoms with Crippen LogP contribution >= 0.6 is 0 Å². The van der Waals surface area contributed by atoms with Crippen LogP contribution in [0.5, 0.6) is 0 Å². The van der Waals surface area contributed by atoms with Gasteiger partial charge in [0.15, 0.2) is 11.4 Å². The summed E-state index contributed by atoms with van der Waals surface area (Å²) in [6.45, 7) is 1.84. The fourth-order valence-electron chi connectivity index (χ4n) is 5.03. The maximum atomic E-state index is 13.3. The summed E-state index contributed by atoms with van der Waals surface area (Å²) in [4.78, 5) is 43.1. The quantitative estimate of drug-likeness (QED) is 0.238. The van der Waals surface area contributed by atoms with Gasteiger partial charge in [0.1, 0.15) is 6.61 Å². The first kappa shape index (κ1) is 22.1. The van der Waals surface area contributed by atoms with Crippen LogP contribution in [0.4, 0.5) is 0 Å². The number of ketones is 1. The average molecular weight is 479 g/mol. The highest BCUT2D eigenvalue weighted by Gasteiger charge is 2.45.